The molecule has 0 radical (unpaired) electrons. The predicted molar refractivity (Wildman–Crippen MR) is 71.2 cm³/mol. The van der Waals surface area contributed by atoms with E-state index in [-0.39, 0.29) is 25.9 Å². The Bertz CT molecular complexity index is 639. The van der Waals surface area contributed by atoms with Gasteiger partial charge in [-0.15, -0.1) is 5.06 Å². The monoisotopic (exact) mass is 330 g/mol. The average molecular weight is 330 g/mol. The number of benzene rings is 1. The van der Waals surface area contributed by atoms with Gasteiger partial charge in [0.05, 0.1) is 5.69 Å². The predicted octanol–water partition coefficient (Wildman–Crippen LogP) is 2.56. The van der Waals surface area contributed by atoms with Crippen molar-refractivity contribution >= 4 is 17.7 Å². The van der Waals surface area contributed by atoms with Crippen LogP contribution in [0.2, 0.25) is 0 Å². The Hall–Kier alpha value is -2.29. The normalized spacial score (nSPS) is 20.4. The number of piperidine rings is 1. The number of nitrogens with zero attached hydrogens (tertiary/aromatic N) is 1. The van der Waals surface area contributed by atoms with Crippen LogP contribution in [0, 0.1) is 0 Å². The molecule has 0 bridgehead atoms. The Labute approximate surface area is 129 Å². The first-order valence-electron chi connectivity index (χ1n) is 6.94. The zero-order valence-electron chi connectivity index (χ0n) is 11.9. The molecule has 1 N–H and O–H groups in total. The zero-order chi connectivity index (χ0) is 16.7. The van der Waals surface area contributed by atoms with E-state index < -0.39 is 23.8 Å². The minimum atomic E-state index is -5.04. The number of anilines is 1. The molecule has 6 nitrogen and oxygen atoms in total. The molecule has 0 unspecified atom stereocenters. The van der Waals surface area contributed by atoms with E-state index >= 15 is 0 Å². The van der Waals surface area contributed by atoms with Gasteiger partial charge in [0.2, 0.25) is 0 Å². The molecule has 1 amide bonds. The molecule has 1 saturated heterocycles. The van der Waals surface area contributed by atoms with E-state index in [1.807, 2.05) is 0 Å². The maximum absolute atomic E-state index is 12.2. The largest absolute Gasteiger partial charge is 0.492 e. The number of rotatable bonds is 1. The quantitative estimate of drug-likeness (QED) is 0.857. The van der Waals surface area contributed by atoms with Gasteiger partial charge in [-0.3, -0.25) is 5.32 Å². The van der Waals surface area contributed by atoms with Gasteiger partial charge in [-0.1, -0.05) is 18.2 Å². The number of alkyl halides is 3. The van der Waals surface area contributed by atoms with Crippen LogP contribution in [0.5, 0.6) is 0 Å². The van der Waals surface area contributed by atoms with Crippen LogP contribution >= 0.6 is 0 Å². The van der Waals surface area contributed by atoms with Crippen LogP contribution < -0.4 is 5.32 Å². The van der Waals surface area contributed by atoms with Crippen LogP contribution in [-0.2, 0) is 20.0 Å². The summed E-state index contributed by atoms with van der Waals surface area (Å²) in [4.78, 5) is 26.9. The van der Waals surface area contributed by atoms with E-state index in [1.165, 1.54) is 0 Å². The minimum absolute atomic E-state index is 0.0312. The summed E-state index contributed by atoms with van der Waals surface area (Å²) in [7, 11) is 0. The van der Waals surface area contributed by atoms with Gasteiger partial charge in [0, 0.05) is 31.5 Å². The summed E-state index contributed by atoms with van der Waals surface area (Å²) in [5.41, 5.74) is 0.464. The van der Waals surface area contributed by atoms with Gasteiger partial charge in [-0.05, 0) is 6.07 Å². The molecule has 1 fully saturated rings. The molecule has 1 aromatic rings. The third-order valence-electron chi connectivity index (χ3n) is 3.92. The van der Waals surface area contributed by atoms with E-state index in [1.54, 1.807) is 24.3 Å². The summed E-state index contributed by atoms with van der Waals surface area (Å²) in [6, 6.07) is 7.08. The molecule has 2 aliphatic rings. The number of para-hydroxylation sites is 1. The summed E-state index contributed by atoms with van der Waals surface area (Å²) in [5, 5.41) is 3.53. The maximum Gasteiger partial charge on any atom is 0.492 e. The minimum Gasteiger partial charge on any atom is -0.438 e. The summed E-state index contributed by atoms with van der Waals surface area (Å²) in [6.45, 7) is 0.0624. The SMILES string of the molecule is O=C1Nc2ccccc2C2(CCN(OC(=O)C(F)(F)F)CC2)O1. The van der Waals surface area contributed by atoms with E-state index in [9.17, 15) is 22.8 Å². The number of halogens is 3. The summed E-state index contributed by atoms with van der Waals surface area (Å²) in [6.07, 6.45) is -5.20. The number of carbonyl (C=O) groups is 2. The highest BCUT2D eigenvalue weighted by Gasteiger charge is 2.47. The third-order valence-corrected chi connectivity index (χ3v) is 3.92. The lowest BCUT2D eigenvalue weighted by Gasteiger charge is -2.43. The smallest absolute Gasteiger partial charge is 0.438 e. The molecule has 0 atom stereocenters. The number of hydroxylamine groups is 2. The number of amides is 1. The molecule has 9 heteroatoms. The van der Waals surface area contributed by atoms with Gasteiger partial charge in [0.25, 0.3) is 0 Å². The molecule has 0 saturated carbocycles. The first kappa shape index (κ1) is 15.6. The highest BCUT2D eigenvalue weighted by Crippen LogP contribution is 2.43. The van der Waals surface area contributed by atoms with E-state index in [4.69, 9.17) is 4.74 Å². The lowest BCUT2D eigenvalue weighted by Crippen LogP contribution is -2.49. The van der Waals surface area contributed by atoms with Gasteiger partial charge >= 0.3 is 18.2 Å². The number of ether oxygens (including phenoxy) is 1. The number of hydrogen-bond acceptors (Lipinski definition) is 5. The molecular formula is C14H13F3N2O4. The Morgan fingerprint density at radius 2 is 1.91 bits per heavy atom. The highest BCUT2D eigenvalue weighted by molar-refractivity contribution is 5.88. The van der Waals surface area contributed by atoms with Crippen molar-refractivity contribution < 1.29 is 32.3 Å². The van der Waals surface area contributed by atoms with Crippen LogP contribution in [0.3, 0.4) is 0 Å². The van der Waals surface area contributed by atoms with Gasteiger partial charge in [0.15, 0.2) is 0 Å². The van der Waals surface area contributed by atoms with Crippen molar-refractivity contribution in [1.82, 2.24) is 5.06 Å². The van der Waals surface area contributed by atoms with Crippen molar-refractivity contribution in [2.24, 2.45) is 0 Å². The average Bonchev–Trinajstić information content (AvgIpc) is 2.48. The highest BCUT2D eigenvalue weighted by atomic mass is 19.4. The molecule has 0 aromatic heterocycles. The Morgan fingerprint density at radius 3 is 2.57 bits per heavy atom. The fourth-order valence-corrected chi connectivity index (χ4v) is 2.84. The topological polar surface area (TPSA) is 67.9 Å². The fraction of sp³-hybridized carbons (Fsp3) is 0.429. The lowest BCUT2D eigenvalue weighted by molar-refractivity contribution is -0.247. The molecule has 124 valence electrons. The number of nitrogens with one attached hydrogen (secondary N) is 1. The second kappa shape index (κ2) is 5.41. The van der Waals surface area contributed by atoms with Crippen LogP contribution in [0.25, 0.3) is 0 Å². The van der Waals surface area contributed by atoms with Crippen molar-refractivity contribution in [1.29, 1.82) is 0 Å². The Morgan fingerprint density at radius 1 is 1.26 bits per heavy atom. The zero-order valence-corrected chi connectivity index (χ0v) is 11.9. The molecule has 2 heterocycles. The van der Waals surface area contributed by atoms with E-state index in [2.05, 4.69) is 10.2 Å². The van der Waals surface area contributed by atoms with Crippen molar-refractivity contribution in [3.05, 3.63) is 29.8 Å². The summed E-state index contributed by atoms with van der Waals surface area (Å²) in [5.74, 6) is -2.25. The van der Waals surface area contributed by atoms with Gasteiger partial charge < -0.3 is 9.57 Å². The van der Waals surface area contributed by atoms with Crippen LogP contribution in [-0.4, -0.2) is 36.4 Å². The molecular weight excluding hydrogens is 317 g/mol. The first-order valence-corrected chi connectivity index (χ1v) is 6.94. The third kappa shape index (κ3) is 2.96. The number of hydrogen-bond donors (Lipinski definition) is 1. The summed E-state index contributed by atoms with van der Waals surface area (Å²) < 4.78 is 42.1. The van der Waals surface area contributed by atoms with Crippen molar-refractivity contribution in [2.75, 3.05) is 18.4 Å². The Kier molecular flexibility index (Phi) is 3.67. The van der Waals surface area contributed by atoms with Crippen LogP contribution in [0.4, 0.5) is 23.7 Å². The Balaban J connectivity index is 1.73. The molecule has 2 aliphatic heterocycles. The van der Waals surface area contributed by atoms with Gasteiger partial charge in [-0.2, -0.15) is 13.2 Å². The molecule has 0 aliphatic carbocycles. The van der Waals surface area contributed by atoms with Crippen molar-refractivity contribution in [3.63, 3.8) is 0 Å². The maximum atomic E-state index is 12.2. The van der Waals surface area contributed by atoms with Gasteiger partial charge in [0.1, 0.15) is 5.60 Å². The van der Waals surface area contributed by atoms with Crippen LogP contribution in [0.1, 0.15) is 18.4 Å². The second-order valence-electron chi connectivity index (χ2n) is 5.36. The van der Waals surface area contributed by atoms with Crippen molar-refractivity contribution in [3.8, 4) is 0 Å². The van der Waals surface area contributed by atoms with E-state index in [0.29, 0.717) is 5.69 Å². The fourth-order valence-electron chi connectivity index (χ4n) is 2.84. The van der Waals surface area contributed by atoms with E-state index in [0.717, 1.165) is 10.6 Å². The number of fused-ring (bicyclic) bond motifs is 2. The molecule has 3 rings (SSSR count). The standard InChI is InChI=1S/C14H13F3N2O4/c15-14(16,17)11(20)23-19-7-5-13(6-8-19)9-3-1-2-4-10(9)18-12(21)22-13/h1-4H,5-8H2,(H,18,21). The molecule has 1 aromatic carbocycles. The molecule has 1 spiro atoms. The van der Waals surface area contributed by atoms with Crippen LogP contribution in [0.15, 0.2) is 24.3 Å². The second-order valence-corrected chi connectivity index (χ2v) is 5.36. The molecule has 23 heavy (non-hydrogen) atoms. The van der Waals surface area contributed by atoms with Crippen molar-refractivity contribution in [2.45, 2.75) is 24.6 Å². The van der Waals surface area contributed by atoms with Gasteiger partial charge in [-0.25, -0.2) is 9.59 Å². The number of carbonyl (C=O) groups excluding carboxylic acids is 2. The lowest BCUT2D eigenvalue weighted by atomic mass is 9.83. The first-order chi connectivity index (χ1) is 10.8. The summed E-state index contributed by atoms with van der Waals surface area (Å²) >= 11 is 0.